The Morgan fingerprint density at radius 1 is 1.03 bits per heavy atom. The molecule has 4 aromatic rings. The maximum atomic E-state index is 13.1. The molecule has 0 atom stereocenters. The van der Waals surface area contributed by atoms with Gasteiger partial charge in [-0.1, -0.05) is 24.3 Å². The molecule has 3 aromatic heterocycles. The van der Waals surface area contributed by atoms with Crippen LogP contribution in [0, 0.1) is 0 Å². The second kappa shape index (κ2) is 7.58. The second-order valence-electron chi connectivity index (χ2n) is 8.24. The van der Waals surface area contributed by atoms with Crippen molar-refractivity contribution in [3.63, 3.8) is 0 Å². The van der Waals surface area contributed by atoms with E-state index in [0.29, 0.717) is 11.4 Å². The molecular weight excluding hydrogens is 419 g/mol. The number of imidazole rings is 1. The van der Waals surface area contributed by atoms with Crippen LogP contribution >= 0.6 is 0 Å². The monoisotopic (exact) mass is 441 g/mol. The Bertz CT molecular complexity index is 1300. The first-order valence-electron chi connectivity index (χ1n) is 10.5. The number of nitrogens with two attached hydrogens (primary N) is 1. The van der Waals surface area contributed by atoms with Gasteiger partial charge in [0.1, 0.15) is 11.5 Å². The summed E-state index contributed by atoms with van der Waals surface area (Å²) in [4.78, 5) is 15.6. The number of rotatable bonds is 4. The smallest absolute Gasteiger partial charge is 0.368 e. The predicted octanol–water partition coefficient (Wildman–Crippen LogP) is 5.00. The van der Waals surface area contributed by atoms with Crippen LogP contribution in [0.3, 0.4) is 0 Å². The van der Waals surface area contributed by atoms with Crippen molar-refractivity contribution in [2.45, 2.75) is 43.9 Å². The Kier molecular flexibility index (Phi) is 4.83. The van der Waals surface area contributed by atoms with Crippen molar-refractivity contribution < 1.29 is 18.0 Å². The van der Waals surface area contributed by atoms with Crippen LogP contribution in [0.1, 0.15) is 47.8 Å². The molecule has 0 saturated heterocycles. The number of anilines is 1. The van der Waals surface area contributed by atoms with Crippen molar-refractivity contribution in [1.82, 2.24) is 14.0 Å². The molecule has 1 aliphatic carbocycles. The van der Waals surface area contributed by atoms with E-state index in [0.717, 1.165) is 42.8 Å². The van der Waals surface area contributed by atoms with Crippen molar-refractivity contribution >= 4 is 28.3 Å². The van der Waals surface area contributed by atoms with Crippen molar-refractivity contribution in [3.05, 3.63) is 66.1 Å². The molecule has 32 heavy (non-hydrogen) atoms. The summed E-state index contributed by atoms with van der Waals surface area (Å²) >= 11 is 0. The number of carbonyl (C=O) groups excluding carboxylic acids is 1. The van der Waals surface area contributed by atoms with Crippen molar-refractivity contribution in [3.8, 4) is 0 Å². The number of nitrogens with one attached hydrogen (secondary N) is 1. The number of carbonyl (C=O) groups is 1. The van der Waals surface area contributed by atoms with Gasteiger partial charge in [0.2, 0.25) is 0 Å². The number of aromatic nitrogens is 3. The van der Waals surface area contributed by atoms with Gasteiger partial charge in [0.25, 0.3) is 5.91 Å². The van der Waals surface area contributed by atoms with Gasteiger partial charge < -0.3 is 15.6 Å². The fraction of sp³-hybridized carbons (Fsp3) is 0.304. The molecule has 1 saturated carbocycles. The molecule has 6 nitrogen and oxygen atoms in total. The minimum Gasteiger partial charge on any atom is -0.368 e. The number of hydrogen-bond acceptors (Lipinski definition) is 3. The molecule has 1 amide bonds. The van der Waals surface area contributed by atoms with Crippen LogP contribution in [0.2, 0.25) is 0 Å². The van der Waals surface area contributed by atoms with E-state index in [4.69, 9.17) is 5.73 Å². The third-order valence-corrected chi connectivity index (χ3v) is 6.23. The van der Waals surface area contributed by atoms with Crippen LogP contribution in [0.25, 0.3) is 16.6 Å². The second-order valence-corrected chi connectivity index (χ2v) is 8.24. The molecule has 0 radical (unpaired) electrons. The number of benzene rings is 1. The SMILES string of the molecule is NC(=O)c1cn(C2CCC(Nc3cccc4nc(C(F)(F)F)cn34)CC2)c2ccccc12. The highest BCUT2D eigenvalue weighted by molar-refractivity contribution is 6.06. The van der Waals surface area contributed by atoms with Crippen LogP contribution in [0.5, 0.6) is 0 Å². The molecule has 0 aliphatic heterocycles. The number of fused-ring (bicyclic) bond motifs is 2. The standard InChI is InChI=1S/C23H22F3N5O/c24-23(25,26)19-13-31-20(6-3-7-21(31)29-19)28-14-8-10-15(11-9-14)30-12-17(22(27)32)16-4-1-2-5-18(16)30/h1-7,12-15,28H,8-11H2,(H2,27,32). The van der Waals surface area contributed by atoms with Crippen molar-refractivity contribution in [2.24, 2.45) is 5.73 Å². The lowest BCUT2D eigenvalue weighted by atomic mass is 9.91. The first-order valence-corrected chi connectivity index (χ1v) is 10.5. The van der Waals surface area contributed by atoms with Crippen LogP contribution < -0.4 is 11.1 Å². The highest BCUT2D eigenvalue weighted by atomic mass is 19.4. The summed E-state index contributed by atoms with van der Waals surface area (Å²) in [5.41, 5.74) is 6.43. The molecule has 3 N–H and O–H groups in total. The Hall–Kier alpha value is -3.49. The van der Waals surface area contributed by atoms with E-state index < -0.39 is 17.8 Å². The first kappa shape index (κ1) is 20.4. The summed E-state index contributed by atoms with van der Waals surface area (Å²) in [5.74, 6) is 0.151. The van der Waals surface area contributed by atoms with Gasteiger partial charge in [0, 0.05) is 35.4 Å². The van der Waals surface area contributed by atoms with Crippen molar-refractivity contribution in [1.29, 1.82) is 0 Å². The third-order valence-electron chi connectivity index (χ3n) is 6.23. The predicted molar refractivity (Wildman–Crippen MR) is 116 cm³/mol. The number of amides is 1. The van der Waals surface area contributed by atoms with Gasteiger partial charge in [-0.05, 0) is 43.9 Å². The van der Waals surface area contributed by atoms with Crippen LogP contribution in [-0.4, -0.2) is 25.9 Å². The van der Waals surface area contributed by atoms with Crippen LogP contribution in [0.15, 0.2) is 54.9 Å². The minimum atomic E-state index is -4.48. The maximum Gasteiger partial charge on any atom is 0.434 e. The number of pyridine rings is 1. The lowest BCUT2D eigenvalue weighted by molar-refractivity contribution is -0.140. The Labute approximate surface area is 181 Å². The number of alkyl halides is 3. The van der Waals surface area contributed by atoms with E-state index in [2.05, 4.69) is 14.9 Å². The van der Waals surface area contributed by atoms with E-state index >= 15 is 0 Å². The molecule has 1 fully saturated rings. The number of nitrogens with zero attached hydrogens (tertiary/aromatic N) is 3. The highest BCUT2D eigenvalue weighted by Crippen LogP contribution is 2.35. The number of para-hydroxylation sites is 1. The lowest BCUT2D eigenvalue weighted by Crippen LogP contribution is -2.28. The molecule has 1 aliphatic rings. The van der Waals surface area contributed by atoms with Gasteiger partial charge in [0.15, 0.2) is 5.69 Å². The zero-order chi connectivity index (χ0) is 22.5. The van der Waals surface area contributed by atoms with E-state index in [-0.39, 0.29) is 17.7 Å². The zero-order valence-corrected chi connectivity index (χ0v) is 17.1. The summed E-state index contributed by atoms with van der Waals surface area (Å²) in [7, 11) is 0. The molecule has 0 unspecified atom stereocenters. The molecule has 5 rings (SSSR count). The van der Waals surface area contributed by atoms with Gasteiger partial charge in [-0.3, -0.25) is 9.20 Å². The minimum absolute atomic E-state index is 0.131. The molecule has 9 heteroatoms. The Morgan fingerprint density at radius 3 is 2.50 bits per heavy atom. The Balaban J connectivity index is 1.34. The summed E-state index contributed by atoms with van der Waals surface area (Å²) in [6.45, 7) is 0. The molecular formula is C23H22F3N5O. The topological polar surface area (TPSA) is 77.3 Å². The average molecular weight is 441 g/mol. The number of hydrogen-bond donors (Lipinski definition) is 2. The first-order chi connectivity index (χ1) is 15.3. The molecule has 1 aromatic carbocycles. The van der Waals surface area contributed by atoms with Gasteiger partial charge >= 0.3 is 6.18 Å². The molecule has 0 spiro atoms. The quantitative estimate of drug-likeness (QED) is 0.468. The molecule has 0 bridgehead atoms. The van der Waals surface area contributed by atoms with Gasteiger partial charge in [0.05, 0.1) is 5.56 Å². The fourth-order valence-electron chi connectivity index (χ4n) is 4.68. The van der Waals surface area contributed by atoms with Crippen molar-refractivity contribution in [2.75, 3.05) is 5.32 Å². The maximum absolute atomic E-state index is 13.1. The van der Waals surface area contributed by atoms with E-state index in [1.807, 2.05) is 30.5 Å². The normalized spacial score (nSPS) is 19.5. The van der Waals surface area contributed by atoms with Gasteiger partial charge in [-0.15, -0.1) is 0 Å². The molecule has 3 heterocycles. The average Bonchev–Trinajstić information content (AvgIpc) is 3.37. The lowest BCUT2D eigenvalue weighted by Gasteiger charge is -2.31. The summed E-state index contributed by atoms with van der Waals surface area (Å²) < 4.78 is 42.8. The fourth-order valence-corrected chi connectivity index (χ4v) is 4.68. The van der Waals surface area contributed by atoms with Gasteiger partial charge in [-0.25, -0.2) is 4.98 Å². The Morgan fingerprint density at radius 2 is 1.78 bits per heavy atom. The summed E-state index contributed by atoms with van der Waals surface area (Å²) in [6, 6.07) is 13.1. The summed E-state index contributed by atoms with van der Waals surface area (Å²) in [6.07, 6.45) is 1.84. The van der Waals surface area contributed by atoms with E-state index in [9.17, 15) is 18.0 Å². The van der Waals surface area contributed by atoms with E-state index in [1.54, 1.807) is 18.2 Å². The van der Waals surface area contributed by atoms with Gasteiger partial charge in [-0.2, -0.15) is 13.2 Å². The number of primary amides is 1. The van der Waals surface area contributed by atoms with Crippen LogP contribution in [-0.2, 0) is 6.18 Å². The largest absolute Gasteiger partial charge is 0.434 e. The highest BCUT2D eigenvalue weighted by Gasteiger charge is 2.34. The third kappa shape index (κ3) is 3.57. The summed E-state index contributed by atoms with van der Waals surface area (Å²) in [5, 5.41) is 4.25. The van der Waals surface area contributed by atoms with Crippen LogP contribution in [0.4, 0.5) is 19.0 Å². The molecule has 166 valence electrons. The van der Waals surface area contributed by atoms with E-state index in [1.165, 1.54) is 4.40 Å². The number of halogens is 3. The zero-order valence-electron chi connectivity index (χ0n) is 17.1.